The maximum Gasteiger partial charge on any atom is 0.327 e. The van der Waals surface area contributed by atoms with Crippen molar-refractivity contribution >= 4 is 11.8 Å². The number of ketones is 1. The number of hydrogen-bond donors (Lipinski definition) is 3. The van der Waals surface area contributed by atoms with Gasteiger partial charge in [-0.1, -0.05) is 56.6 Å². The van der Waals surface area contributed by atoms with E-state index in [0.717, 1.165) is 25.3 Å². The lowest BCUT2D eigenvalue weighted by Crippen LogP contribution is -2.19. The number of allylic oxidation sites excluding steroid dienone is 4. The summed E-state index contributed by atoms with van der Waals surface area (Å²) >= 11 is 0. The molecule has 1 saturated carbocycles. The van der Waals surface area contributed by atoms with Crippen LogP contribution in [0.3, 0.4) is 0 Å². The molecule has 1 fully saturated rings. The van der Waals surface area contributed by atoms with E-state index in [1.54, 1.807) is 18.2 Å². The van der Waals surface area contributed by atoms with E-state index in [9.17, 15) is 19.8 Å². The zero-order valence-electron chi connectivity index (χ0n) is 14.9. The van der Waals surface area contributed by atoms with Gasteiger partial charge in [-0.25, -0.2) is 4.79 Å². The Kier molecular flexibility index (Phi) is 10.0. The molecule has 1 aliphatic carbocycles. The fraction of sp³-hybridized carbons (Fsp3) is 0.600. The number of carboxylic acids is 1. The number of aliphatic hydroxyl groups is 2. The number of hydrogen-bond acceptors (Lipinski definition) is 4. The smallest absolute Gasteiger partial charge is 0.327 e. The zero-order chi connectivity index (χ0) is 18.7. The Labute approximate surface area is 149 Å². The van der Waals surface area contributed by atoms with Gasteiger partial charge in [-0.05, 0) is 19.3 Å². The Morgan fingerprint density at radius 2 is 2.04 bits per heavy atom. The maximum atomic E-state index is 12.1. The molecule has 5 heteroatoms. The summed E-state index contributed by atoms with van der Waals surface area (Å²) in [7, 11) is 0. The highest BCUT2D eigenvalue weighted by molar-refractivity contribution is 5.86. The van der Waals surface area contributed by atoms with E-state index in [1.165, 1.54) is 0 Å². The van der Waals surface area contributed by atoms with Crippen molar-refractivity contribution < 1.29 is 24.9 Å². The summed E-state index contributed by atoms with van der Waals surface area (Å²) in [4.78, 5) is 22.4. The molecule has 0 aliphatic heterocycles. The molecule has 3 N–H and O–H groups in total. The highest BCUT2D eigenvalue weighted by atomic mass is 16.4. The number of unbranched alkanes of at least 4 members (excludes halogenated alkanes) is 2. The van der Waals surface area contributed by atoms with Gasteiger partial charge in [0.2, 0.25) is 0 Å². The van der Waals surface area contributed by atoms with Gasteiger partial charge in [0.15, 0.2) is 0 Å². The van der Waals surface area contributed by atoms with Crippen LogP contribution in [-0.2, 0) is 9.59 Å². The van der Waals surface area contributed by atoms with Crippen molar-refractivity contribution in [2.75, 3.05) is 0 Å². The van der Waals surface area contributed by atoms with E-state index in [1.807, 2.05) is 12.2 Å². The lowest BCUT2D eigenvalue weighted by Gasteiger charge is -2.17. The Morgan fingerprint density at radius 1 is 1.28 bits per heavy atom. The van der Waals surface area contributed by atoms with Crippen molar-refractivity contribution in [3.63, 3.8) is 0 Å². The molecular weight excluding hydrogens is 320 g/mol. The number of carbonyl (C=O) groups is 2. The van der Waals surface area contributed by atoms with Crippen LogP contribution in [0.25, 0.3) is 0 Å². The fourth-order valence-corrected chi connectivity index (χ4v) is 3.07. The number of aliphatic hydroxyl groups excluding tert-OH is 2. The number of Topliss-reactive ketones (excluding diaryl/α,β-unsaturated/α-hetero) is 1. The van der Waals surface area contributed by atoms with Crippen LogP contribution < -0.4 is 0 Å². The summed E-state index contributed by atoms with van der Waals surface area (Å²) in [5.41, 5.74) is 0. The van der Waals surface area contributed by atoms with Crippen LogP contribution in [-0.4, -0.2) is 39.3 Å². The first-order chi connectivity index (χ1) is 12.0. The number of carboxylic acid groups (broad SMARTS) is 1. The van der Waals surface area contributed by atoms with Gasteiger partial charge >= 0.3 is 5.97 Å². The van der Waals surface area contributed by atoms with Gasteiger partial charge in [-0.2, -0.15) is 0 Å². The fourth-order valence-electron chi connectivity index (χ4n) is 3.07. The molecule has 0 bridgehead atoms. The van der Waals surface area contributed by atoms with E-state index in [2.05, 4.69) is 6.92 Å². The molecular formula is C20H30O5. The number of carbonyl (C=O) groups excluding carboxylic acids is 1. The largest absolute Gasteiger partial charge is 0.478 e. The SMILES string of the molecule is CCCCC[C@H](O)C=C[C@H]1C(=O)C[C@H](O)[C@@H]1CC=CCC=CC(=O)O. The van der Waals surface area contributed by atoms with Crippen LogP contribution in [0.4, 0.5) is 0 Å². The van der Waals surface area contributed by atoms with Crippen molar-refractivity contribution in [2.24, 2.45) is 11.8 Å². The standard InChI is InChI=1S/C20H30O5/c1-2-3-6-9-15(21)12-13-17-16(18(22)14-19(17)23)10-7-4-5-8-11-20(24)25/h4,7-8,11-13,15-18,21-22H,2-3,5-6,9-10,14H2,1H3,(H,24,25)/t15-,16+,17+,18-/m0/s1. The highest BCUT2D eigenvalue weighted by Crippen LogP contribution is 2.33. The topological polar surface area (TPSA) is 94.8 Å². The molecule has 0 heterocycles. The molecule has 0 radical (unpaired) electrons. The van der Waals surface area contributed by atoms with Crippen LogP contribution in [0.2, 0.25) is 0 Å². The zero-order valence-corrected chi connectivity index (χ0v) is 14.9. The van der Waals surface area contributed by atoms with Gasteiger partial charge in [-0.3, -0.25) is 4.79 Å². The summed E-state index contributed by atoms with van der Waals surface area (Å²) < 4.78 is 0. The molecule has 0 saturated heterocycles. The van der Waals surface area contributed by atoms with Crippen LogP contribution in [0.15, 0.2) is 36.5 Å². The Morgan fingerprint density at radius 3 is 2.72 bits per heavy atom. The molecule has 0 aromatic heterocycles. The molecule has 0 aromatic rings. The van der Waals surface area contributed by atoms with Crippen LogP contribution >= 0.6 is 0 Å². The predicted octanol–water partition coefficient (Wildman–Crippen LogP) is 3.03. The predicted molar refractivity (Wildman–Crippen MR) is 97.0 cm³/mol. The second-order valence-electron chi connectivity index (χ2n) is 6.56. The van der Waals surface area contributed by atoms with Crippen molar-refractivity contribution in [1.29, 1.82) is 0 Å². The summed E-state index contributed by atoms with van der Waals surface area (Å²) in [6.45, 7) is 2.11. The minimum Gasteiger partial charge on any atom is -0.478 e. The van der Waals surface area contributed by atoms with E-state index < -0.39 is 18.2 Å². The van der Waals surface area contributed by atoms with Gasteiger partial charge < -0.3 is 15.3 Å². The van der Waals surface area contributed by atoms with Crippen molar-refractivity contribution in [2.45, 2.75) is 64.1 Å². The van der Waals surface area contributed by atoms with E-state index in [0.29, 0.717) is 19.3 Å². The molecule has 1 aliphatic rings. The monoisotopic (exact) mass is 350 g/mol. The van der Waals surface area contributed by atoms with E-state index in [4.69, 9.17) is 5.11 Å². The second-order valence-corrected chi connectivity index (χ2v) is 6.56. The van der Waals surface area contributed by atoms with Gasteiger partial charge in [-0.15, -0.1) is 0 Å². The minimum atomic E-state index is -0.979. The van der Waals surface area contributed by atoms with Crippen molar-refractivity contribution in [1.82, 2.24) is 0 Å². The average Bonchev–Trinajstić information content (AvgIpc) is 2.82. The molecule has 1 rings (SSSR count). The molecule has 0 unspecified atom stereocenters. The normalized spacial score (nSPS) is 25.6. The highest BCUT2D eigenvalue weighted by Gasteiger charge is 2.39. The van der Waals surface area contributed by atoms with Crippen molar-refractivity contribution in [3.05, 3.63) is 36.5 Å². The third kappa shape index (κ3) is 8.27. The quantitative estimate of drug-likeness (QED) is 0.302. The summed E-state index contributed by atoms with van der Waals surface area (Å²) in [5.74, 6) is -1.53. The minimum absolute atomic E-state index is 0.00804. The Balaban J connectivity index is 2.53. The molecule has 0 spiro atoms. The first-order valence-electron chi connectivity index (χ1n) is 9.07. The summed E-state index contributed by atoms with van der Waals surface area (Å²) in [6, 6.07) is 0. The number of rotatable bonds is 11. The maximum absolute atomic E-state index is 12.1. The third-order valence-electron chi connectivity index (χ3n) is 4.49. The molecule has 25 heavy (non-hydrogen) atoms. The van der Waals surface area contributed by atoms with Gasteiger partial charge in [0.05, 0.1) is 12.2 Å². The molecule has 5 nitrogen and oxygen atoms in total. The summed E-state index contributed by atoms with van der Waals surface area (Å²) in [5, 5.41) is 28.6. The molecule has 4 atom stereocenters. The lowest BCUT2D eigenvalue weighted by atomic mass is 9.90. The molecule has 140 valence electrons. The number of aliphatic carboxylic acids is 1. The van der Waals surface area contributed by atoms with Crippen molar-refractivity contribution in [3.8, 4) is 0 Å². The Bertz CT molecular complexity index is 506. The van der Waals surface area contributed by atoms with Gasteiger partial charge in [0.25, 0.3) is 0 Å². The molecule has 0 amide bonds. The van der Waals surface area contributed by atoms with Crippen LogP contribution in [0.5, 0.6) is 0 Å². The van der Waals surface area contributed by atoms with E-state index in [-0.39, 0.29) is 24.0 Å². The second kappa shape index (κ2) is 11.8. The third-order valence-corrected chi connectivity index (χ3v) is 4.49. The van der Waals surface area contributed by atoms with E-state index >= 15 is 0 Å². The van der Waals surface area contributed by atoms with Crippen LogP contribution in [0.1, 0.15) is 51.9 Å². The van der Waals surface area contributed by atoms with Gasteiger partial charge in [0.1, 0.15) is 5.78 Å². The average molecular weight is 350 g/mol. The first kappa shape index (κ1) is 21.3. The van der Waals surface area contributed by atoms with Crippen LogP contribution in [0, 0.1) is 11.8 Å². The van der Waals surface area contributed by atoms with Gasteiger partial charge in [0, 0.05) is 24.3 Å². The Hall–Kier alpha value is -1.72. The first-order valence-corrected chi connectivity index (χ1v) is 9.07. The molecule has 0 aromatic carbocycles. The lowest BCUT2D eigenvalue weighted by molar-refractivity contribution is -0.131. The summed E-state index contributed by atoms with van der Waals surface area (Å²) in [6.07, 6.45) is 13.6.